The van der Waals surface area contributed by atoms with Crippen molar-refractivity contribution in [2.24, 2.45) is 0 Å². The quantitative estimate of drug-likeness (QED) is 0.348. The molecule has 2 atom stereocenters. The molecular weight excluding hydrogens is 535 g/mol. The maximum absolute atomic E-state index is 14.6. The SMILES string of the molecule is COc1nc2c(C(=O)Nc3cc(F)c4nc(C)cn4c3)ccc(N3C[C@H](C)N(C(=O)OC(C)(C)C)[C@@H](C)C3)c2s1. The number of halogens is 1. The molecule has 4 heterocycles. The van der Waals surface area contributed by atoms with Gasteiger partial charge in [-0.3, -0.25) is 9.69 Å². The van der Waals surface area contributed by atoms with Crippen molar-refractivity contribution >= 4 is 50.6 Å². The van der Waals surface area contributed by atoms with Gasteiger partial charge in [-0.05, 0) is 53.7 Å². The van der Waals surface area contributed by atoms with Gasteiger partial charge in [-0.15, -0.1) is 0 Å². The van der Waals surface area contributed by atoms with Crippen molar-refractivity contribution in [3.8, 4) is 5.19 Å². The summed E-state index contributed by atoms with van der Waals surface area (Å²) in [5, 5.41) is 3.22. The first kappa shape index (κ1) is 27.6. The number of anilines is 2. The standard InChI is InChI=1S/C28H33FN6O4S/c1-15-11-34-14-18(10-20(29)24(34)30-15)31-25(36)19-8-9-21(23-22(19)32-26(38-7)40-23)33-12-16(2)35(17(3)13-33)27(37)39-28(4,5)6/h8-11,14,16-17H,12-13H2,1-7H3,(H,31,36)/t16-,17-/m0/s1. The summed E-state index contributed by atoms with van der Waals surface area (Å²) in [5.41, 5.74) is 2.32. The molecular formula is C28H33FN6O4S. The van der Waals surface area contributed by atoms with E-state index in [2.05, 4.69) is 20.2 Å². The van der Waals surface area contributed by atoms with Gasteiger partial charge in [0.2, 0.25) is 0 Å². The minimum Gasteiger partial charge on any atom is -0.473 e. The fourth-order valence-electron chi connectivity index (χ4n) is 5.13. The third kappa shape index (κ3) is 5.27. The smallest absolute Gasteiger partial charge is 0.410 e. The number of ether oxygens (including phenoxy) is 2. The predicted molar refractivity (Wildman–Crippen MR) is 153 cm³/mol. The van der Waals surface area contributed by atoms with Crippen molar-refractivity contribution in [3.63, 3.8) is 0 Å². The average Bonchev–Trinajstić information content (AvgIpc) is 3.45. The summed E-state index contributed by atoms with van der Waals surface area (Å²) < 4.78 is 28.0. The molecule has 0 radical (unpaired) electrons. The molecule has 1 aliphatic rings. The summed E-state index contributed by atoms with van der Waals surface area (Å²) in [5.74, 6) is -0.952. The molecule has 0 saturated carbocycles. The molecule has 0 spiro atoms. The Morgan fingerprint density at radius 2 is 1.82 bits per heavy atom. The Bertz CT molecular complexity index is 1600. The van der Waals surface area contributed by atoms with Crippen LogP contribution in [0.3, 0.4) is 0 Å². The van der Waals surface area contributed by atoms with E-state index in [4.69, 9.17) is 9.47 Å². The second kappa shape index (κ2) is 10.2. The van der Waals surface area contributed by atoms with Crippen molar-refractivity contribution in [2.75, 3.05) is 30.4 Å². The molecule has 212 valence electrons. The van der Waals surface area contributed by atoms with Crippen LogP contribution in [0.4, 0.5) is 20.6 Å². The summed E-state index contributed by atoms with van der Waals surface area (Å²) in [6.07, 6.45) is 2.98. The van der Waals surface area contributed by atoms with Crippen LogP contribution in [0.1, 0.15) is 50.7 Å². The number of carbonyl (C=O) groups is 2. The molecule has 12 heteroatoms. The van der Waals surface area contributed by atoms with Crippen LogP contribution in [0, 0.1) is 12.7 Å². The average molecular weight is 569 g/mol. The van der Waals surface area contributed by atoms with Gasteiger partial charge in [0.05, 0.1) is 46.5 Å². The highest BCUT2D eigenvalue weighted by Crippen LogP contribution is 2.39. The molecule has 1 fully saturated rings. The van der Waals surface area contributed by atoms with Crippen LogP contribution in [0.15, 0.2) is 30.6 Å². The molecule has 1 aliphatic heterocycles. The molecule has 5 rings (SSSR count). The van der Waals surface area contributed by atoms with E-state index < -0.39 is 17.3 Å². The first-order valence-corrected chi connectivity index (χ1v) is 13.9. The number of pyridine rings is 1. The van der Waals surface area contributed by atoms with Crippen molar-refractivity contribution in [2.45, 2.75) is 59.2 Å². The third-order valence-corrected chi connectivity index (χ3v) is 7.71. The number of rotatable bonds is 4. The van der Waals surface area contributed by atoms with Gasteiger partial charge in [-0.25, -0.2) is 19.2 Å². The second-order valence-corrected chi connectivity index (χ2v) is 12.1. The molecule has 1 saturated heterocycles. The van der Waals surface area contributed by atoms with Gasteiger partial charge in [-0.1, -0.05) is 11.3 Å². The van der Waals surface area contributed by atoms with Crippen molar-refractivity contribution in [1.29, 1.82) is 0 Å². The summed E-state index contributed by atoms with van der Waals surface area (Å²) in [6.45, 7) is 12.5. The number of thiazole rings is 1. The van der Waals surface area contributed by atoms with E-state index >= 15 is 0 Å². The van der Waals surface area contributed by atoms with Gasteiger partial charge in [0.1, 0.15) is 11.1 Å². The van der Waals surface area contributed by atoms with Gasteiger partial charge in [0.15, 0.2) is 11.5 Å². The molecule has 3 aromatic heterocycles. The number of piperazine rings is 1. The van der Waals surface area contributed by atoms with Crippen LogP contribution in [0.5, 0.6) is 5.19 Å². The first-order valence-electron chi connectivity index (χ1n) is 13.0. The molecule has 40 heavy (non-hydrogen) atoms. The van der Waals surface area contributed by atoms with Gasteiger partial charge < -0.3 is 24.1 Å². The van der Waals surface area contributed by atoms with Crippen molar-refractivity contribution in [1.82, 2.24) is 19.3 Å². The number of amides is 2. The Balaban J connectivity index is 1.44. The van der Waals surface area contributed by atoms with Crippen LogP contribution in [-0.2, 0) is 4.74 Å². The van der Waals surface area contributed by atoms with Gasteiger partial charge in [0.25, 0.3) is 11.1 Å². The van der Waals surface area contributed by atoms with E-state index in [1.54, 1.807) is 34.7 Å². The zero-order valence-corrected chi connectivity index (χ0v) is 24.4. The fourth-order valence-corrected chi connectivity index (χ4v) is 6.08. The lowest BCUT2D eigenvalue weighted by Gasteiger charge is -2.45. The summed E-state index contributed by atoms with van der Waals surface area (Å²) in [4.78, 5) is 39.0. The number of fused-ring (bicyclic) bond motifs is 2. The summed E-state index contributed by atoms with van der Waals surface area (Å²) in [6, 6.07) is 4.64. The Labute approximate surface area is 235 Å². The first-order chi connectivity index (χ1) is 18.8. The monoisotopic (exact) mass is 568 g/mol. The molecule has 4 aromatic rings. The highest BCUT2D eigenvalue weighted by atomic mass is 32.1. The highest BCUT2D eigenvalue weighted by molar-refractivity contribution is 7.21. The highest BCUT2D eigenvalue weighted by Gasteiger charge is 2.36. The number of nitrogens with one attached hydrogen (secondary N) is 1. The maximum atomic E-state index is 14.6. The van der Waals surface area contributed by atoms with Crippen LogP contribution < -0.4 is 15.0 Å². The van der Waals surface area contributed by atoms with E-state index in [-0.39, 0.29) is 23.8 Å². The molecule has 0 aliphatic carbocycles. The molecule has 10 nitrogen and oxygen atoms in total. The Kier molecular flexibility index (Phi) is 7.07. The molecule has 0 bridgehead atoms. The number of methoxy groups -OCH3 is 1. The Morgan fingerprint density at radius 1 is 1.12 bits per heavy atom. The molecule has 1 aromatic carbocycles. The number of hydrogen-bond donors (Lipinski definition) is 1. The number of aromatic nitrogens is 3. The second-order valence-electron chi connectivity index (χ2n) is 11.1. The molecule has 2 amide bonds. The minimum atomic E-state index is -0.579. The van der Waals surface area contributed by atoms with Crippen LogP contribution in [0.25, 0.3) is 15.9 Å². The van der Waals surface area contributed by atoms with Gasteiger partial charge in [-0.2, -0.15) is 0 Å². The predicted octanol–water partition coefficient (Wildman–Crippen LogP) is 5.49. The Hall–Kier alpha value is -3.93. The largest absolute Gasteiger partial charge is 0.473 e. The molecule has 0 unspecified atom stereocenters. The van der Waals surface area contributed by atoms with Gasteiger partial charge >= 0.3 is 6.09 Å². The van der Waals surface area contributed by atoms with E-state index in [0.717, 1.165) is 10.4 Å². The number of imidazole rings is 1. The van der Waals surface area contributed by atoms with Gasteiger partial charge in [0, 0.05) is 31.5 Å². The van der Waals surface area contributed by atoms with E-state index in [1.807, 2.05) is 40.7 Å². The van der Waals surface area contributed by atoms with Crippen LogP contribution >= 0.6 is 11.3 Å². The van der Waals surface area contributed by atoms with Crippen LogP contribution in [0.2, 0.25) is 0 Å². The lowest BCUT2D eigenvalue weighted by atomic mass is 10.1. The van der Waals surface area contributed by atoms with Crippen molar-refractivity contribution in [3.05, 3.63) is 47.7 Å². The number of aryl methyl sites for hydroxylation is 1. The lowest BCUT2D eigenvalue weighted by molar-refractivity contribution is 0.00567. The van der Waals surface area contributed by atoms with Crippen molar-refractivity contribution < 1.29 is 23.5 Å². The fraction of sp³-hybridized carbons (Fsp3) is 0.429. The Morgan fingerprint density at radius 3 is 2.48 bits per heavy atom. The van der Waals surface area contributed by atoms with E-state index in [0.29, 0.717) is 40.7 Å². The molecule has 1 N–H and O–H groups in total. The number of nitrogens with zero attached hydrogens (tertiary/aromatic N) is 5. The number of carbonyl (C=O) groups excluding carboxylic acids is 2. The zero-order chi connectivity index (χ0) is 28.9. The summed E-state index contributed by atoms with van der Waals surface area (Å²) >= 11 is 1.35. The topological polar surface area (TPSA) is 101 Å². The zero-order valence-electron chi connectivity index (χ0n) is 23.6. The normalized spacial score (nSPS) is 17.9. The minimum absolute atomic E-state index is 0.108. The third-order valence-electron chi connectivity index (χ3n) is 6.67. The lowest BCUT2D eigenvalue weighted by Crippen LogP contribution is -2.59. The number of hydrogen-bond acceptors (Lipinski definition) is 8. The van der Waals surface area contributed by atoms with E-state index in [9.17, 15) is 14.0 Å². The maximum Gasteiger partial charge on any atom is 0.410 e. The number of benzene rings is 1. The van der Waals surface area contributed by atoms with Crippen LogP contribution in [-0.4, -0.2) is 69.2 Å². The van der Waals surface area contributed by atoms with E-state index in [1.165, 1.54) is 24.5 Å². The summed E-state index contributed by atoms with van der Waals surface area (Å²) in [7, 11) is 1.53.